The van der Waals surface area contributed by atoms with Crippen molar-refractivity contribution in [3.63, 3.8) is 0 Å². The summed E-state index contributed by atoms with van der Waals surface area (Å²) in [5.41, 5.74) is 5.23. The molecule has 0 fully saturated rings. The number of rotatable bonds is 4. The van der Waals surface area contributed by atoms with Gasteiger partial charge in [0.2, 0.25) is 0 Å². The monoisotopic (exact) mass is 218 g/mol. The number of ether oxygens (including phenoxy) is 2. The van der Waals surface area contributed by atoms with E-state index in [0.29, 0.717) is 5.75 Å². The molecule has 0 aliphatic rings. The van der Waals surface area contributed by atoms with E-state index in [1.165, 1.54) is 20.3 Å². The molecule has 0 radical (unpaired) electrons. The molecule has 2 N–H and O–H groups in total. The highest BCUT2D eigenvalue weighted by Gasteiger charge is 2.19. The summed E-state index contributed by atoms with van der Waals surface area (Å²) in [5, 5.41) is 0. The second-order valence-corrected chi connectivity index (χ2v) is 2.73. The van der Waals surface area contributed by atoms with Crippen LogP contribution < -0.4 is 15.2 Å². The summed E-state index contributed by atoms with van der Waals surface area (Å²) in [6.45, 7) is 0.0346. The van der Waals surface area contributed by atoms with Crippen molar-refractivity contribution in [3.05, 3.63) is 17.5 Å². The number of aromatic nitrogens is 1. The topological polar surface area (TPSA) is 57.4 Å². The van der Waals surface area contributed by atoms with Crippen molar-refractivity contribution in [2.45, 2.75) is 13.0 Å². The lowest BCUT2D eigenvalue weighted by atomic mass is 10.2. The fourth-order valence-corrected chi connectivity index (χ4v) is 1.17. The van der Waals surface area contributed by atoms with Crippen LogP contribution in [0.2, 0.25) is 0 Å². The van der Waals surface area contributed by atoms with Crippen LogP contribution in [0.5, 0.6) is 11.5 Å². The largest absolute Gasteiger partial charge is 0.495 e. The molecule has 0 unspecified atom stereocenters. The Hall–Kier alpha value is -1.43. The van der Waals surface area contributed by atoms with Crippen LogP contribution in [0.3, 0.4) is 0 Å². The van der Waals surface area contributed by atoms with Gasteiger partial charge in [-0.15, -0.1) is 0 Å². The fraction of sp³-hybridized carbons (Fsp3) is 0.444. The highest BCUT2D eigenvalue weighted by atomic mass is 19.3. The molecule has 0 bridgehead atoms. The van der Waals surface area contributed by atoms with Crippen LogP contribution in [-0.4, -0.2) is 19.2 Å². The molecule has 0 aliphatic heterocycles. The summed E-state index contributed by atoms with van der Waals surface area (Å²) >= 11 is 0. The quantitative estimate of drug-likeness (QED) is 0.831. The standard InChI is InChI=1S/C9H12F2N2O2/c1-14-6-3-7(15-2)8(9(10)11)13-5(6)4-12/h3,9H,4,12H2,1-2H3. The van der Waals surface area contributed by atoms with Crippen LogP contribution in [0.25, 0.3) is 0 Å². The summed E-state index contributed by atoms with van der Waals surface area (Å²) in [6.07, 6.45) is -2.70. The maximum Gasteiger partial charge on any atom is 0.284 e. The molecule has 0 saturated carbocycles. The van der Waals surface area contributed by atoms with Gasteiger partial charge in [0.05, 0.1) is 19.9 Å². The van der Waals surface area contributed by atoms with Gasteiger partial charge in [-0.05, 0) is 0 Å². The van der Waals surface area contributed by atoms with E-state index in [9.17, 15) is 8.78 Å². The van der Waals surface area contributed by atoms with E-state index in [2.05, 4.69) is 4.98 Å². The van der Waals surface area contributed by atoms with Gasteiger partial charge in [0.25, 0.3) is 6.43 Å². The zero-order valence-corrected chi connectivity index (χ0v) is 8.46. The zero-order valence-electron chi connectivity index (χ0n) is 8.46. The van der Waals surface area contributed by atoms with Crippen molar-refractivity contribution in [3.8, 4) is 11.5 Å². The lowest BCUT2D eigenvalue weighted by Crippen LogP contribution is -2.07. The third-order valence-corrected chi connectivity index (χ3v) is 1.89. The smallest absolute Gasteiger partial charge is 0.284 e. The van der Waals surface area contributed by atoms with Crippen LogP contribution in [0.1, 0.15) is 17.8 Å². The minimum atomic E-state index is -2.70. The first kappa shape index (κ1) is 11.6. The predicted molar refractivity (Wildman–Crippen MR) is 50.2 cm³/mol. The number of nitrogens with two attached hydrogens (primary N) is 1. The third kappa shape index (κ3) is 2.33. The number of pyridine rings is 1. The van der Waals surface area contributed by atoms with Gasteiger partial charge in [0.15, 0.2) is 0 Å². The highest BCUT2D eigenvalue weighted by molar-refractivity contribution is 5.40. The Morgan fingerprint density at radius 2 is 1.93 bits per heavy atom. The first-order valence-corrected chi connectivity index (χ1v) is 4.24. The molecular formula is C9H12F2N2O2. The van der Waals surface area contributed by atoms with Gasteiger partial charge >= 0.3 is 0 Å². The van der Waals surface area contributed by atoms with Crippen LogP contribution >= 0.6 is 0 Å². The molecular weight excluding hydrogens is 206 g/mol. The van der Waals surface area contributed by atoms with Crippen molar-refractivity contribution in [1.29, 1.82) is 0 Å². The molecule has 4 nitrogen and oxygen atoms in total. The number of nitrogens with zero attached hydrogens (tertiary/aromatic N) is 1. The lowest BCUT2D eigenvalue weighted by molar-refractivity contribution is 0.141. The second-order valence-electron chi connectivity index (χ2n) is 2.73. The maximum absolute atomic E-state index is 12.5. The van der Waals surface area contributed by atoms with Gasteiger partial charge in [-0.3, -0.25) is 0 Å². The maximum atomic E-state index is 12.5. The fourth-order valence-electron chi connectivity index (χ4n) is 1.17. The highest BCUT2D eigenvalue weighted by Crippen LogP contribution is 2.31. The van der Waals surface area contributed by atoms with Crippen molar-refractivity contribution in [2.24, 2.45) is 5.73 Å². The van der Waals surface area contributed by atoms with E-state index < -0.39 is 12.1 Å². The van der Waals surface area contributed by atoms with E-state index >= 15 is 0 Å². The Morgan fingerprint density at radius 3 is 2.33 bits per heavy atom. The van der Waals surface area contributed by atoms with E-state index in [1.54, 1.807) is 0 Å². The molecule has 1 aromatic rings. The number of halogens is 2. The van der Waals surface area contributed by atoms with Crippen LogP contribution in [0, 0.1) is 0 Å². The molecule has 0 spiro atoms. The molecule has 0 aliphatic carbocycles. The number of hydrogen-bond donors (Lipinski definition) is 1. The number of hydrogen-bond acceptors (Lipinski definition) is 4. The average molecular weight is 218 g/mol. The molecule has 0 atom stereocenters. The Bertz CT molecular complexity index is 345. The van der Waals surface area contributed by atoms with E-state index in [4.69, 9.17) is 15.2 Å². The van der Waals surface area contributed by atoms with Crippen LogP contribution in [0.4, 0.5) is 8.78 Å². The van der Waals surface area contributed by atoms with Crippen molar-refractivity contribution >= 4 is 0 Å². The molecule has 1 aromatic heterocycles. The van der Waals surface area contributed by atoms with Gasteiger partial charge in [0.1, 0.15) is 17.2 Å². The van der Waals surface area contributed by atoms with Gasteiger partial charge in [0, 0.05) is 12.6 Å². The van der Waals surface area contributed by atoms with Gasteiger partial charge in [-0.2, -0.15) is 0 Å². The first-order valence-electron chi connectivity index (χ1n) is 4.24. The van der Waals surface area contributed by atoms with Gasteiger partial charge < -0.3 is 15.2 Å². The molecule has 15 heavy (non-hydrogen) atoms. The minimum absolute atomic E-state index is 0.000880. The van der Waals surface area contributed by atoms with E-state index in [-0.39, 0.29) is 18.0 Å². The summed E-state index contributed by atoms with van der Waals surface area (Å²) in [4.78, 5) is 3.71. The normalized spacial score (nSPS) is 10.5. The van der Waals surface area contributed by atoms with Crippen molar-refractivity contribution in [2.75, 3.05) is 14.2 Å². The van der Waals surface area contributed by atoms with Crippen LogP contribution in [-0.2, 0) is 6.54 Å². The van der Waals surface area contributed by atoms with Crippen LogP contribution in [0.15, 0.2) is 6.07 Å². The Morgan fingerprint density at radius 1 is 1.33 bits per heavy atom. The zero-order chi connectivity index (χ0) is 11.4. The summed E-state index contributed by atoms with van der Waals surface area (Å²) in [7, 11) is 2.71. The van der Waals surface area contributed by atoms with Crippen molar-refractivity contribution < 1.29 is 18.3 Å². The average Bonchev–Trinajstić information content (AvgIpc) is 2.26. The van der Waals surface area contributed by atoms with E-state index in [1.807, 2.05) is 0 Å². The number of methoxy groups -OCH3 is 2. The molecule has 1 heterocycles. The Labute approximate surface area is 86.0 Å². The Balaban J connectivity index is 3.27. The first-order chi connectivity index (χ1) is 7.13. The molecule has 0 amide bonds. The van der Waals surface area contributed by atoms with E-state index in [0.717, 1.165) is 0 Å². The summed E-state index contributed by atoms with van der Waals surface area (Å²) in [5.74, 6) is 0.345. The Kier molecular flexibility index (Phi) is 3.79. The van der Waals surface area contributed by atoms with Crippen molar-refractivity contribution in [1.82, 2.24) is 4.98 Å². The third-order valence-electron chi connectivity index (χ3n) is 1.89. The second kappa shape index (κ2) is 4.88. The molecule has 0 aromatic carbocycles. The molecule has 1 rings (SSSR count). The summed E-state index contributed by atoms with van der Waals surface area (Å²) in [6, 6.07) is 1.36. The SMILES string of the molecule is COc1cc(OC)c(C(F)F)nc1CN. The molecule has 84 valence electrons. The summed E-state index contributed by atoms with van der Waals surface area (Å²) < 4.78 is 34.8. The minimum Gasteiger partial charge on any atom is -0.495 e. The number of alkyl halides is 2. The molecule has 6 heteroatoms. The van der Waals surface area contributed by atoms with Gasteiger partial charge in [-0.1, -0.05) is 0 Å². The lowest BCUT2D eigenvalue weighted by Gasteiger charge is -2.12. The molecule has 0 saturated heterocycles. The predicted octanol–water partition coefficient (Wildman–Crippen LogP) is 1.50. The van der Waals surface area contributed by atoms with Gasteiger partial charge in [-0.25, -0.2) is 13.8 Å².